The topological polar surface area (TPSA) is 64.3 Å². The van der Waals surface area contributed by atoms with Crippen LogP contribution >= 0.6 is 15.9 Å². The maximum Gasteiger partial charge on any atom is 0.262 e. The second-order valence-corrected chi connectivity index (χ2v) is 5.37. The van der Waals surface area contributed by atoms with Crippen molar-refractivity contribution in [2.24, 2.45) is 0 Å². The molecule has 110 valence electrons. The fourth-order valence-electron chi connectivity index (χ4n) is 1.77. The molecule has 0 aliphatic carbocycles. The van der Waals surface area contributed by atoms with Crippen molar-refractivity contribution in [3.05, 3.63) is 52.3 Å². The Morgan fingerprint density at radius 2 is 2.14 bits per heavy atom. The van der Waals surface area contributed by atoms with Gasteiger partial charge in [-0.25, -0.2) is 4.39 Å². The Bertz CT molecular complexity index is 656. The highest BCUT2D eigenvalue weighted by molar-refractivity contribution is 9.10. The number of amides is 1. The molecule has 2 aromatic carbocycles. The zero-order chi connectivity index (χ0) is 15.4. The van der Waals surface area contributed by atoms with Gasteiger partial charge >= 0.3 is 0 Å². The number of aryl methyl sites for hydroxylation is 1. The minimum Gasteiger partial charge on any atom is -0.481 e. The van der Waals surface area contributed by atoms with Gasteiger partial charge in [0.05, 0.1) is 11.4 Å². The summed E-state index contributed by atoms with van der Waals surface area (Å²) in [6.45, 7) is 1.54. The predicted octanol–water partition coefficient (Wildman–Crippen LogP) is 3.50. The molecule has 0 unspecified atom stereocenters. The van der Waals surface area contributed by atoms with Crippen LogP contribution in [0.3, 0.4) is 0 Å². The number of halogens is 2. The Kier molecular flexibility index (Phi) is 4.80. The number of nitrogens with one attached hydrogen (secondary N) is 1. The van der Waals surface area contributed by atoms with Crippen LogP contribution in [0.1, 0.15) is 5.56 Å². The lowest BCUT2D eigenvalue weighted by molar-refractivity contribution is -0.118. The molecule has 0 saturated carbocycles. The number of carbonyl (C=O) groups is 1. The lowest BCUT2D eigenvalue weighted by Crippen LogP contribution is -2.21. The molecule has 2 rings (SSSR count). The van der Waals surface area contributed by atoms with Crippen molar-refractivity contribution >= 4 is 33.2 Å². The molecule has 0 heterocycles. The molecule has 0 fully saturated rings. The third kappa shape index (κ3) is 3.95. The number of rotatable bonds is 4. The van der Waals surface area contributed by atoms with Gasteiger partial charge in [0.2, 0.25) is 0 Å². The minimum atomic E-state index is -0.535. The van der Waals surface area contributed by atoms with Crippen molar-refractivity contribution in [3.63, 3.8) is 0 Å². The molecular weight excluding hydrogens is 339 g/mol. The van der Waals surface area contributed by atoms with Gasteiger partial charge in [-0.05, 0) is 36.8 Å². The number of nitrogen functional groups attached to an aromatic ring is 1. The Morgan fingerprint density at radius 1 is 1.38 bits per heavy atom. The molecule has 0 saturated heterocycles. The normalized spacial score (nSPS) is 10.2. The lowest BCUT2D eigenvalue weighted by Gasteiger charge is -2.12. The molecule has 0 aliphatic heterocycles. The highest BCUT2D eigenvalue weighted by Crippen LogP contribution is 2.23. The first-order valence-corrected chi connectivity index (χ1v) is 6.99. The summed E-state index contributed by atoms with van der Waals surface area (Å²) in [5.74, 6) is -0.919. The number of para-hydroxylation sites is 1. The number of hydrogen-bond donors (Lipinski definition) is 2. The average molecular weight is 353 g/mol. The molecule has 21 heavy (non-hydrogen) atoms. The summed E-state index contributed by atoms with van der Waals surface area (Å²) in [7, 11) is 0. The van der Waals surface area contributed by atoms with Crippen molar-refractivity contribution in [2.75, 3.05) is 17.7 Å². The van der Waals surface area contributed by atoms with Gasteiger partial charge in [-0.15, -0.1) is 0 Å². The number of anilines is 2. The second-order valence-electron chi connectivity index (χ2n) is 4.45. The largest absolute Gasteiger partial charge is 0.481 e. The molecule has 1 amide bonds. The Labute approximate surface area is 130 Å². The molecular formula is C15H14BrFN2O2. The van der Waals surface area contributed by atoms with E-state index in [1.165, 1.54) is 12.1 Å². The van der Waals surface area contributed by atoms with Crippen molar-refractivity contribution in [1.29, 1.82) is 0 Å². The summed E-state index contributed by atoms with van der Waals surface area (Å²) in [5.41, 5.74) is 7.66. The van der Waals surface area contributed by atoms with Crippen LogP contribution in [-0.2, 0) is 4.79 Å². The first-order valence-electron chi connectivity index (χ1n) is 6.20. The fraction of sp³-hybridized carbons (Fsp3) is 0.133. The molecule has 6 heteroatoms. The van der Waals surface area contributed by atoms with Crippen LogP contribution in [0, 0.1) is 12.7 Å². The van der Waals surface area contributed by atoms with E-state index in [-0.39, 0.29) is 12.4 Å². The van der Waals surface area contributed by atoms with Crippen LogP contribution in [0.5, 0.6) is 5.75 Å². The first kappa shape index (κ1) is 15.3. The highest BCUT2D eigenvalue weighted by Gasteiger charge is 2.10. The van der Waals surface area contributed by atoms with Crippen molar-refractivity contribution < 1.29 is 13.9 Å². The summed E-state index contributed by atoms with van der Waals surface area (Å²) >= 11 is 3.15. The molecule has 0 aliphatic rings. The average Bonchev–Trinajstić information content (AvgIpc) is 2.42. The van der Waals surface area contributed by atoms with Crippen LogP contribution in [0.2, 0.25) is 0 Å². The predicted molar refractivity (Wildman–Crippen MR) is 83.8 cm³/mol. The van der Waals surface area contributed by atoms with Gasteiger partial charge in [0.25, 0.3) is 5.91 Å². The van der Waals surface area contributed by atoms with Crippen LogP contribution in [0.15, 0.2) is 40.9 Å². The standard InChI is InChI=1S/C15H14BrFN2O2/c1-9-3-2-4-12(18)15(9)19-14(20)8-21-13-6-5-10(16)7-11(13)17/h2-7H,8,18H2,1H3,(H,19,20). The number of ether oxygens (including phenoxy) is 1. The van der Waals surface area contributed by atoms with E-state index in [9.17, 15) is 9.18 Å². The third-order valence-electron chi connectivity index (χ3n) is 2.82. The third-order valence-corrected chi connectivity index (χ3v) is 3.32. The van der Waals surface area contributed by atoms with Crippen LogP contribution in [-0.4, -0.2) is 12.5 Å². The van der Waals surface area contributed by atoms with Crippen LogP contribution < -0.4 is 15.8 Å². The van der Waals surface area contributed by atoms with Crippen LogP contribution in [0.25, 0.3) is 0 Å². The Balaban J connectivity index is 1.99. The Hall–Kier alpha value is -2.08. The van der Waals surface area contributed by atoms with E-state index in [0.29, 0.717) is 15.8 Å². The molecule has 4 nitrogen and oxygen atoms in total. The SMILES string of the molecule is Cc1cccc(N)c1NC(=O)COc1ccc(Br)cc1F. The molecule has 0 aromatic heterocycles. The summed E-state index contributed by atoms with van der Waals surface area (Å²) in [4.78, 5) is 11.8. The van der Waals surface area contributed by atoms with E-state index in [2.05, 4.69) is 21.2 Å². The number of carbonyl (C=O) groups excluding carboxylic acids is 1. The zero-order valence-corrected chi connectivity index (χ0v) is 12.9. The van der Waals surface area contributed by atoms with Gasteiger partial charge in [0, 0.05) is 4.47 Å². The van der Waals surface area contributed by atoms with Gasteiger partial charge in [-0.1, -0.05) is 28.1 Å². The smallest absolute Gasteiger partial charge is 0.262 e. The minimum absolute atomic E-state index is 0.0195. The molecule has 0 spiro atoms. The van der Waals surface area contributed by atoms with Gasteiger partial charge in [-0.3, -0.25) is 4.79 Å². The quantitative estimate of drug-likeness (QED) is 0.827. The number of benzene rings is 2. The van der Waals surface area contributed by atoms with E-state index < -0.39 is 11.7 Å². The van der Waals surface area contributed by atoms with E-state index in [0.717, 1.165) is 5.56 Å². The van der Waals surface area contributed by atoms with Gasteiger partial charge in [-0.2, -0.15) is 0 Å². The van der Waals surface area contributed by atoms with E-state index in [4.69, 9.17) is 10.5 Å². The van der Waals surface area contributed by atoms with Gasteiger partial charge < -0.3 is 15.8 Å². The summed E-state index contributed by atoms with van der Waals surface area (Å²) in [6.07, 6.45) is 0. The van der Waals surface area contributed by atoms with Crippen molar-refractivity contribution in [1.82, 2.24) is 0 Å². The first-order chi connectivity index (χ1) is 9.97. The van der Waals surface area contributed by atoms with E-state index in [1.54, 1.807) is 18.2 Å². The van der Waals surface area contributed by atoms with Crippen molar-refractivity contribution in [2.45, 2.75) is 6.92 Å². The molecule has 0 bridgehead atoms. The van der Waals surface area contributed by atoms with Gasteiger partial charge in [0.1, 0.15) is 0 Å². The van der Waals surface area contributed by atoms with Crippen molar-refractivity contribution in [3.8, 4) is 5.75 Å². The number of hydrogen-bond acceptors (Lipinski definition) is 3. The monoisotopic (exact) mass is 352 g/mol. The maximum absolute atomic E-state index is 13.5. The lowest BCUT2D eigenvalue weighted by atomic mass is 10.1. The summed E-state index contributed by atoms with van der Waals surface area (Å²) in [5, 5.41) is 2.66. The maximum atomic E-state index is 13.5. The molecule has 0 atom stereocenters. The van der Waals surface area contributed by atoms with Gasteiger partial charge in [0.15, 0.2) is 18.2 Å². The summed E-state index contributed by atoms with van der Waals surface area (Å²) in [6, 6.07) is 9.68. The molecule has 3 N–H and O–H groups in total. The second kappa shape index (κ2) is 6.58. The number of nitrogens with two attached hydrogens (primary N) is 1. The van der Waals surface area contributed by atoms with E-state index >= 15 is 0 Å². The van der Waals surface area contributed by atoms with Crippen LogP contribution in [0.4, 0.5) is 15.8 Å². The fourth-order valence-corrected chi connectivity index (χ4v) is 2.11. The van der Waals surface area contributed by atoms with E-state index in [1.807, 2.05) is 13.0 Å². The molecule has 0 radical (unpaired) electrons. The Morgan fingerprint density at radius 3 is 2.81 bits per heavy atom. The summed E-state index contributed by atoms with van der Waals surface area (Å²) < 4.78 is 19.3. The molecule has 2 aromatic rings. The highest BCUT2D eigenvalue weighted by atomic mass is 79.9. The zero-order valence-electron chi connectivity index (χ0n) is 11.3.